The van der Waals surface area contributed by atoms with E-state index in [1.165, 1.54) is 11.3 Å². The predicted molar refractivity (Wildman–Crippen MR) is 119 cm³/mol. The van der Waals surface area contributed by atoms with Gasteiger partial charge < -0.3 is 11.1 Å². The van der Waals surface area contributed by atoms with Gasteiger partial charge in [0.25, 0.3) is 5.91 Å². The van der Waals surface area contributed by atoms with Gasteiger partial charge in [-0.3, -0.25) is 9.59 Å². The average molecular weight is 407 g/mol. The largest absolute Gasteiger partial charge is 0.366 e. The van der Waals surface area contributed by atoms with Gasteiger partial charge in [0.15, 0.2) is 0 Å². The number of primary amides is 1. The predicted octanol–water partition coefficient (Wildman–Crippen LogP) is 5.38. The Morgan fingerprint density at radius 2 is 1.45 bits per heavy atom. The highest BCUT2D eigenvalue weighted by molar-refractivity contribution is 7.16. The number of amides is 2. The molecule has 0 aliphatic rings. The second kappa shape index (κ2) is 9.05. The van der Waals surface area contributed by atoms with E-state index in [2.05, 4.69) is 24.4 Å². The minimum atomic E-state index is -0.538. The minimum Gasteiger partial charge on any atom is -0.366 e. The maximum Gasteiger partial charge on any atom is 0.251 e. The lowest BCUT2D eigenvalue weighted by Gasteiger charge is -2.20. The van der Waals surface area contributed by atoms with Crippen LogP contribution < -0.4 is 11.1 Å². The molecule has 29 heavy (non-hydrogen) atoms. The first-order valence-corrected chi connectivity index (χ1v) is 10.5. The van der Waals surface area contributed by atoms with Crippen molar-refractivity contribution in [3.8, 4) is 0 Å². The molecule has 3 N–H and O–H groups in total. The summed E-state index contributed by atoms with van der Waals surface area (Å²) in [5.41, 5.74) is 8.06. The number of anilines is 1. The van der Waals surface area contributed by atoms with Crippen LogP contribution in [0.25, 0.3) is 0 Å². The van der Waals surface area contributed by atoms with E-state index < -0.39 is 5.91 Å². The number of hydrogen-bond acceptors (Lipinski definition) is 3. The molecule has 0 aliphatic carbocycles. The van der Waals surface area contributed by atoms with E-state index in [0.29, 0.717) is 10.6 Å². The normalized spacial score (nSPS) is 13.1. The van der Waals surface area contributed by atoms with E-state index in [9.17, 15) is 9.59 Å². The van der Waals surface area contributed by atoms with Crippen LogP contribution in [0.15, 0.2) is 66.7 Å². The van der Waals surface area contributed by atoms with E-state index in [1.807, 2.05) is 62.4 Å². The molecular weight excluding hydrogens is 380 g/mol. The van der Waals surface area contributed by atoms with Crippen LogP contribution in [0.3, 0.4) is 0 Å². The standard InChI is InChI=1S/C24H26N2O2S/c1-15(2)21(18-12-8-5-9-13-18)23(28)26-24-19(22(25)27)14-20(29-24)16(3)17-10-6-4-7-11-17/h4-16,21H,1-3H3,(H2,25,27)(H,26,28). The minimum absolute atomic E-state index is 0.0972. The average Bonchev–Trinajstić information content (AvgIpc) is 3.12. The lowest BCUT2D eigenvalue weighted by Crippen LogP contribution is -2.26. The fourth-order valence-electron chi connectivity index (χ4n) is 3.49. The zero-order valence-electron chi connectivity index (χ0n) is 16.9. The van der Waals surface area contributed by atoms with Crippen molar-refractivity contribution in [2.24, 2.45) is 11.7 Å². The SMILES string of the molecule is CC(c1ccccc1)c1cc(C(N)=O)c(NC(=O)C(c2ccccc2)C(C)C)s1. The number of carbonyl (C=O) groups excluding carboxylic acids is 2. The van der Waals surface area contributed by atoms with Crippen molar-refractivity contribution in [3.05, 3.63) is 88.3 Å². The Labute approximate surface area is 175 Å². The molecule has 0 saturated heterocycles. The van der Waals surface area contributed by atoms with Crippen LogP contribution >= 0.6 is 11.3 Å². The van der Waals surface area contributed by atoms with Gasteiger partial charge in [-0.25, -0.2) is 0 Å². The van der Waals surface area contributed by atoms with Crippen molar-refractivity contribution in [1.82, 2.24) is 0 Å². The molecule has 0 spiro atoms. The van der Waals surface area contributed by atoms with Crippen LogP contribution in [0, 0.1) is 5.92 Å². The molecule has 3 aromatic rings. The summed E-state index contributed by atoms with van der Waals surface area (Å²) in [4.78, 5) is 26.1. The van der Waals surface area contributed by atoms with Crippen molar-refractivity contribution in [2.75, 3.05) is 5.32 Å². The van der Waals surface area contributed by atoms with E-state index in [1.54, 1.807) is 6.07 Å². The molecule has 1 heterocycles. The Kier molecular flexibility index (Phi) is 6.49. The molecule has 0 radical (unpaired) electrons. The van der Waals surface area contributed by atoms with Gasteiger partial charge in [-0.15, -0.1) is 11.3 Å². The van der Waals surface area contributed by atoms with Crippen LogP contribution in [-0.4, -0.2) is 11.8 Å². The number of nitrogens with two attached hydrogens (primary N) is 1. The van der Waals surface area contributed by atoms with Crippen molar-refractivity contribution < 1.29 is 9.59 Å². The lowest BCUT2D eigenvalue weighted by atomic mass is 9.87. The maximum absolute atomic E-state index is 13.1. The molecule has 3 rings (SSSR count). The molecule has 0 saturated carbocycles. The van der Waals surface area contributed by atoms with Gasteiger partial charge >= 0.3 is 0 Å². The molecule has 1 aromatic heterocycles. The Bertz CT molecular complexity index is 981. The molecule has 2 aromatic carbocycles. The van der Waals surface area contributed by atoms with E-state index >= 15 is 0 Å². The number of rotatable bonds is 7. The first-order valence-electron chi connectivity index (χ1n) is 9.72. The zero-order valence-corrected chi connectivity index (χ0v) is 17.7. The highest BCUT2D eigenvalue weighted by Gasteiger charge is 2.27. The summed E-state index contributed by atoms with van der Waals surface area (Å²) in [5, 5.41) is 3.49. The topological polar surface area (TPSA) is 72.2 Å². The van der Waals surface area contributed by atoms with Crippen LogP contribution in [0.2, 0.25) is 0 Å². The van der Waals surface area contributed by atoms with Crippen molar-refractivity contribution in [2.45, 2.75) is 32.6 Å². The number of benzene rings is 2. The Hall–Kier alpha value is -2.92. The van der Waals surface area contributed by atoms with Crippen LogP contribution in [0.5, 0.6) is 0 Å². The molecule has 4 nitrogen and oxygen atoms in total. The fourth-order valence-corrected chi connectivity index (χ4v) is 4.64. The van der Waals surface area contributed by atoms with Gasteiger partial charge in [0, 0.05) is 10.8 Å². The Morgan fingerprint density at radius 3 is 1.97 bits per heavy atom. The zero-order chi connectivity index (χ0) is 21.0. The van der Waals surface area contributed by atoms with Crippen LogP contribution in [0.1, 0.15) is 59.0 Å². The van der Waals surface area contributed by atoms with E-state index in [0.717, 1.165) is 16.0 Å². The molecule has 150 valence electrons. The third kappa shape index (κ3) is 4.74. The molecule has 5 heteroatoms. The summed E-state index contributed by atoms with van der Waals surface area (Å²) >= 11 is 1.41. The first-order chi connectivity index (χ1) is 13.9. The molecule has 0 aliphatic heterocycles. The summed E-state index contributed by atoms with van der Waals surface area (Å²) in [6.45, 7) is 6.12. The monoisotopic (exact) mass is 406 g/mol. The summed E-state index contributed by atoms with van der Waals surface area (Å²) in [6.07, 6.45) is 0. The molecule has 2 amide bonds. The van der Waals surface area contributed by atoms with Gasteiger partial charge in [-0.2, -0.15) is 0 Å². The molecule has 0 fully saturated rings. The van der Waals surface area contributed by atoms with Crippen LogP contribution in [0.4, 0.5) is 5.00 Å². The molecule has 0 bridgehead atoms. The van der Waals surface area contributed by atoms with E-state index in [-0.39, 0.29) is 23.7 Å². The maximum atomic E-state index is 13.1. The summed E-state index contributed by atoms with van der Waals surface area (Å²) in [6, 6.07) is 21.6. The van der Waals surface area contributed by atoms with Crippen LogP contribution in [-0.2, 0) is 4.79 Å². The summed E-state index contributed by atoms with van der Waals surface area (Å²) in [7, 11) is 0. The van der Waals surface area contributed by atoms with Crippen molar-refractivity contribution in [1.29, 1.82) is 0 Å². The third-order valence-corrected chi connectivity index (χ3v) is 6.32. The third-order valence-electron chi connectivity index (χ3n) is 5.09. The van der Waals surface area contributed by atoms with E-state index in [4.69, 9.17) is 5.73 Å². The highest BCUT2D eigenvalue weighted by atomic mass is 32.1. The van der Waals surface area contributed by atoms with Gasteiger partial charge in [0.1, 0.15) is 5.00 Å². The number of thiophene rings is 1. The quantitative estimate of drug-likeness (QED) is 0.553. The lowest BCUT2D eigenvalue weighted by molar-refractivity contribution is -0.118. The summed E-state index contributed by atoms with van der Waals surface area (Å²) < 4.78 is 0. The van der Waals surface area contributed by atoms with Gasteiger partial charge in [0.05, 0.1) is 11.5 Å². The smallest absolute Gasteiger partial charge is 0.251 e. The molecule has 2 unspecified atom stereocenters. The highest BCUT2D eigenvalue weighted by Crippen LogP contribution is 2.37. The number of nitrogens with one attached hydrogen (secondary N) is 1. The first kappa shape index (κ1) is 20.8. The Balaban J connectivity index is 1.90. The van der Waals surface area contributed by atoms with Crippen molar-refractivity contribution in [3.63, 3.8) is 0 Å². The van der Waals surface area contributed by atoms with Crippen molar-refractivity contribution >= 4 is 28.2 Å². The van der Waals surface area contributed by atoms with Gasteiger partial charge in [0.2, 0.25) is 5.91 Å². The number of carbonyl (C=O) groups is 2. The van der Waals surface area contributed by atoms with Gasteiger partial charge in [-0.1, -0.05) is 81.4 Å². The second-order valence-corrected chi connectivity index (χ2v) is 8.59. The molecule has 2 atom stereocenters. The Morgan fingerprint density at radius 1 is 0.897 bits per heavy atom. The van der Waals surface area contributed by atoms with Gasteiger partial charge in [-0.05, 0) is 23.1 Å². The summed E-state index contributed by atoms with van der Waals surface area (Å²) in [5.74, 6) is -0.774. The fraction of sp³-hybridized carbons (Fsp3) is 0.250. The number of hydrogen-bond donors (Lipinski definition) is 2. The molecular formula is C24H26N2O2S. The second-order valence-electron chi connectivity index (χ2n) is 7.51.